The van der Waals surface area contributed by atoms with E-state index in [0.29, 0.717) is 12.2 Å². The van der Waals surface area contributed by atoms with Gasteiger partial charge in [-0.2, -0.15) is 0 Å². The number of furan rings is 1. The van der Waals surface area contributed by atoms with Crippen LogP contribution in [0.25, 0.3) is 0 Å². The third kappa shape index (κ3) is 3.54. The average molecular weight is 329 g/mol. The molecule has 0 aliphatic carbocycles. The minimum absolute atomic E-state index is 0.190. The van der Waals surface area contributed by atoms with Crippen LogP contribution < -0.4 is 15.5 Å². The van der Waals surface area contributed by atoms with Gasteiger partial charge in [-0.25, -0.2) is 4.79 Å². The number of hydrogen-bond acceptors (Lipinski definition) is 4. The Morgan fingerprint density at radius 3 is 2.96 bits per heavy atom. The molecule has 128 valence electrons. The molecule has 1 aromatic carbocycles. The lowest BCUT2D eigenvalue weighted by molar-refractivity contribution is 0.130. The normalized spacial score (nSPS) is 15.7. The molecule has 24 heavy (non-hydrogen) atoms. The molecular formula is C18H23N3O3. The monoisotopic (exact) mass is 329 g/mol. The third-order valence-electron chi connectivity index (χ3n) is 4.33. The number of aliphatic hydroxyl groups excluding tert-OH is 1. The van der Waals surface area contributed by atoms with Gasteiger partial charge in [-0.3, -0.25) is 0 Å². The number of aliphatic hydroxyl groups is 1. The zero-order chi connectivity index (χ0) is 17.1. The highest BCUT2D eigenvalue weighted by molar-refractivity contribution is 5.91. The van der Waals surface area contributed by atoms with Gasteiger partial charge in [-0.15, -0.1) is 0 Å². The number of nitrogens with zero attached hydrogens (tertiary/aromatic N) is 1. The highest BCUT2D eigenvalue weighted by Gasteiger charge is 2.20. The molecule has 2 heterocycles. The molecule has 0 unspecified atom stereocenters. The highest BCUT2D eigenvalue weighted by Crippen LogP contribution is 2.32. The molecule has 0 saturated heterocycles. The van der Waals surface area contributed by atoms with Crippen molar-refractivity contribution >= 4 is 17.4 Å². The van der Waals surface area contributed by atoms with Gasteiger partial charge in [0.25, 0.3) is 0 Å². The van der Waals surface area contributed by atoms with Gasteiger partial charge < -0.3 is 25.1 Å². The van der Waals surface area contributed by atoms with Crippen LogP contribution in [-0.4, -0.2) is 30.8 Å². The van der Waals surface area contributed by atoms with Gasteiger partial charge in [0.15, 0.2) is 0 Å². The average Bonchev–Trinajstić information content (AvgIpc) is 3.18. The number of urea groups is 1. The van der Waals surface area contributed by atoms with Crippen LogP contribution in [0.3, 0.4) is 0 Å². The number of rotatable bonds is 5. The lowest BCUT2D eigenvalue weighted by Crippen LogP contribution is -2.37. The maximum absolute atomic E-state index is 12.2. The first-order valence-electron chi connectivity index (χ1n) is 8.16. The molecule has 1 aliphatic heterocycles. The minimum Gasteiger partial charge on any atom is -0.467 e. The second kappa shape index (κ2) is 6.97. The predicted octanol–water partition coefficient (Wildman–Crippen LogP) is 2.91. The number of likely N-dealkylation sites (N-methyl/N-ethyl adjacent to an activating group) is 1. The van der Waals surface area contributed by atoms with Crippen molar-refractivity contribution < 1.29 is 14.3 Å². The van der Waals surface area contributed by atoms with Crippen molar-refractivity contribution in [3.63, 3.8) is 0 Å². The van der Waals surface area contributed by atoms with Gasteiger partial charge in [-0.1, -0.05) is 6.07 Å². The van der Waals surface area contributed by atoms with Crippen molar-refractivity contribution in [2.24, 2.45) is 0 Å². The van der Waals surface area contributed by atoms with Crippen LogP contribution in [0.5, 0.6) is 0 Å². The fourth-order valence-electron chi connectivity index (χ4n) is 3.09. The summed E-state index contributed by atoms with van der Waals surface area (Å²) in [5.74, 6) is 0.507. The molecule has 6 heteroatoms. The molecule has 2 amide bonds. The molecule has 2 atom stereocenters. The van der Waals surface area contributed by atoms with E-state index in [4.69, 9.17) is 4.42 Å². The fraction of sp³-hybridized carbons (Fsp3) is 0.389. The van der Waals surface area contributed by atoms with Crippen molar-refractivity contribution in [1.29, 1.82) is 0 Å². The zero-order valence-corrected chi connectivity index (χ0v) is 14.0. The number of carbonyl (C=O) groups excluding carboxylic acids is 1. The molecule has 0 bridgehead atoms. The standard InChI is InChI=1S/C18H23N3O3/c1-12(11-16(22)17-7-4-10-24-17)19-18(23)20-14-5-3-6-15-13(14)8-9-21(15)2/h3-7,10,12,16,22H,8-9,11H2,1-2H3,(H2,19,20,23)/t12-,16+/m0/s1. The molecule has 3 rings (SSSR count). The molecule has 1 aliphatic rings. The summed E-state index contributed by atoms with van der Waals surface area (Å²) in [6, 6.07) is 8.92. The van der Waals surface area contributed by atoms with Crippen LogP contribution in [0.1, 0.15) is 30.8 Å². The maximum Gasteiger partial charge on any atom is 0.319 e. The summed E-state index contributed by atoms with van der Waals surface area (Å²) in [5, 5.41) is 15.8. The largest absolute Gasteiger partial charge is 0.467 e. The van der Waals surface area contributed by atoms with Gasteiger partial charge in [0, 0.05) is 43.0 Å². The van der Waals surface area contributed by atoms with Gasteiger partial charge in [0.2, 0.25) is 0 Å². The smallest absolute Gasteiger partial charge is 0.319 e. The predicted molar refractivity (Wildman–Crippen MR) is 93.3 cm³/mol. The maximum atomic E-state index is 12.2. The summed E-state index contributed by atoms with van der Waals surface area (Å²) in [5.41, 5.74) is 3.17. The van der Waals surface area contributed by atoms with Crippen molar-refractivity contribution in [3.8, 4) is 0 Å². The first kappa shape index (κ1) is 16.4. The van der Waals surface area contributed by atoms with Gasteiger partial charge in [0.05, 0.1) is 6.26 Å². The fourth-order valence-corrected chi connectivity index (χ4v) is 3.09. The molecule has 2 aromatic rings. The summed E-state index contributed by atoms with van der Waals surface area (Å²) in [4.78, 5) is 14.4. The Bertz CT molecular complexity index is 700. The summed E-state index contributed by atoms with van der Waals surface area (Å²) in [6.45, 7) is 2.82. The highest BCUT2D eigenvalue weighted by atomic mass is 16.4. The lowest BCUT2D eigenvalue weighted by atomic mass is 10.1. The number of fused-ring (bicyclic) bond motifs is 1. The Kier molecular flexibility index (Phi) is 4.76. The number of nitrogens with one attached hydrogen (secondary N) is 2. The Morgan fingerprint density at radius 2 is 2.21 bits per heavy atom. The first-order valence-corrected chi connectivity index (χ1v) is 8.16. The van der Waals surface area contributed by atoms with E-state index in [0.717, 1.165) is 24.3 Å². The Labute approximate surface area is 141 Å². The van der Waals surface area contributed by atoms with Crippen molar-refractivity contribution in [1.82, 2.24) is 5.32 Å². The zero-order valence-electron chi connectivity index (χ0n) is 14.0. The molecule has 0 radical (unpaired) electrons. The van der Waals surface area contributed by atoms with E-state index in [-0.39, 0.29) is 12.1 Å². The Morgan fingerprint density at radius 1 is 1.38 bits per heavy atom. The van der Waals surface area contributed by atoms with Crippen LogP contribution in [0, 0.1) is 0 Å². The topological polar surface area (TPSA) is 77.7 Å². The quantitative estimate of drug-likeness (QED) is 0.788. The van der Waals surface area contributed by atoms with Crippen LogP contribution in [0.2, 0.25) is 0 Å². The van der Waals surface area contributed by atoms with E-state index >= 15 is 0 Å². The summed E-state index contributed by atoms with van der Waals surface area (Å²) in [6.07, 6.45) is 2.10. The van der Waals surface area contributed by atoms with Gasteiger partial charge >= 0.3 is 6.03 Å². The van der Waals surface area contributed by atoms with Crippen molar-refractivity contribution in [3.05, 3.63) is 47.9 Å². The van der Waals surface area contributed by atoms with E-state index in [9.17, 15) is 9.90 Å². The van der Waals surface area contributed by atoms with Crippen LogP contribution in [-0.2, 0) is 6.42 Å². The minimum atomic E-state index is -0.732. The van der Waals surface area contributed by atoms with E-state index in [1.54, 1.807) is 12.1 Å². The molecule has 0 spiro atoms. The number of carbonyl (C=O) groups is 1. The van der Waals surface area contributed by atoms with Gasteiger partial charge in [-0.05, 0) is 37.6 Å². The number of amides is 2. The number of anilines is 2. The second-order valence-electron chi connectivity index (χ2n) is 6.24. The van der Waals surface area contributed by atoms with E-state index in [1.165, 1.54) is 11.8 Å². The second-order valence-corrected chi connectivity index (χ2v) is 6.24. The number of hydrogen-bond donors (Lipinski definition) is 3. The lowest BCUT2D eigenvalue weighted by Gasteiger charge is -2.18. The van der Waals surface area contributed by atoms with Gasteiger partial charge in [0.1, 0.15) is 11.9 Å². The summed E-state index contributed by atoms with van der Waals surface area (Å²) < 4.78 is 5.17. The van der Waals surface area contributed by atoms with E-state index in [1.807, 2.05) is 26.1 Å². The summed E-state index contributed by atoms with van der Waals surface area (Å²) in [7, 11) is 2.05. The van der Waals surface area contributed by atoms with E-state index < -0.39 is 6.10 Å². The Balaban J connectivity index is 1.56. The molecular weight excluding hydrogens is 306 g/mol. The van der Waals surface area contributed by atoms with Crippen LogP contribution in [0.4, 0.5) is 16.2 Å². The third-order valence-corrected chi connectivity index (χ3v) is 4.33. The van der Waals surface area contributed by atoms with Crippen molar-refractivity contribution in [2.45, 2.75) is 31.9 Å². The molecule has 1 aromatic heterocycles. The van der Waals surface area contributed by atoms with Crippen molar-refractivity contribution in [2.75, 3.05) is 23.8 Å². The summed E-state index contributed by atoms with van der Waals surface area (Å²) >= 11 is 0. The SMILES string of the molecule is C[C@@H](C[C@@H](O)c1ccco1)NC(=O)Nc1cccc2c1CCN2C. The molecule has 0 saturated carbocycles. The Hall–Kier alpha value is -2.47. The molecule has 0 fully saturated rings. The van der Waals surface area contributed by atoms with Crippen LogP contribution >= 0.6 is 0 Å². The molecule has 3 N–H and O–H groups in total. The van der Waals surface area contributed by atoms with E-state index in [2.05, 4.69) is 21.6 Å². The first-order chi connectivity index (χ1) is 11.5. The molecule has 6 nitrogen and oxygen atoms in total. The number of benzene rings is 1. The van der Waals surface area contributed by atoms with Crippen LogP contribution in [0.15, 0.2) is 41.0 Å².